The molecule has 20 heavy (non-hydrogen) atoms. The van der Waals surface area contributed by atoms with Crippen LogP contribution in [-0.4, -0.2) is 35.0 Å². The third-order valence-corrected chi connectivity index (χ3v) is 3.01. The lowest BCUT2D eigenvalue weighted by Gasteiger charge is -2.13. The van der Waals surface area contributed by atoms with E-state index in [9.17, 15) is 4.79 Å². The number of nitrogens with one attached hydrogen (secondary N) is 1. The molecule has 0 aliphatic heterocycles. The Labute approximate surface area is 117 Å². The SMILES string of the molecule is Cc1ncnc(C(=O)Nc2ccnc(N(C)C)c2)c1C. The van der Waals surface area contributed by atoms with Gasteiger partial charge in [-0.15, -0.1) is 0 Å². The van der Waals surface area contributed by atoms with E-state index in [1.807, 2.05) is 32.8 Å². The smallest absolute Gasteiger partial charge is 0.274 e. The molecule has 2 heterocycles. The maximum absolute atomic E-state index is 12.2. The molecule has 0 aliphatic carbocycles. The molecule has 0 aliphatic rings. The van der Waals surface area contributed by atoms with E-state index >= 15 is 0 Å². The number of anilines is 2. The van der Waals surface area contributed by atoms with Crippen molar-refractivity contribution in [1.29, 1.82) is 0 Å². The fourth-order valence-corrected chi connectivity index (χ4v) is 1.70. The Morgan fingerprint density at radius 1 is 1.20 bits per heavy atom. The van der Waals surface area contributed by atoms with E-state index < -0.39 is 0 Å². The molecule has 104 valence electrons. The Morgan fingerprint density at radius 2 is 1.95 bits per heavy atom. The molecule has 6 heteroatoms. The highest BCUT2D eigenvalue weighted by molar-refractivity contribution is 6.04. The van der Waals surface area contributed by atoms with Gasteiger partial charge in [0.15, 0.2) is 0 Å². The van der Waals surface area contributed by atoms with E-state index in [-0.39, 0.29) is 5.91 Å². The summed E-state index contributed by atoms with van der Waals surface area (Å²) >= 11 is 0. The first kappa shape index (κ1) is 13.9. The summed E-state index contributed by atoms with van der Waals surface area (Å²) in [5.41, 5.74) is 2.66. The molecule has 1 amide bonds. The lowest BCUT2D eigenvalue weighted by molar-refractivity contribution is 0.102. The minimum atomic E-state index is -0.246. The van der Waals surface area contributed by atoms with Gasteiger partial charge in [-0.1, -0.05) is 0 Å². The van der Waals surface area contributed by atoms with Crippen LogP contribution in [-0.2, 0) is 0 Å². The summed E-state index contributed by atoms with van der Waals surface area (Å²) in [7, 11) is 3.79. The molecule has 2 aromatic rings. The molecule has 1 N–H and O–H groups in total. The number of aromatic nitrogens is 3. The second-order valence-electron chi connectivity index (χ2n) is 4.68. The van der Waals surface area contributed by atoms with Gasteiger partial charge in [0.05, 0.1) is 0 Å². The summed E-state index contributed by atoms with van der Waals surface area (Å²) in [6.45, 7) is 3.69. The first-order chi connectivity index (χ1) is 9.49. The third kappa shape index (κ3) is 2.90. The van der Waals surface area contributed by atoms with Gasteiger partial charge < -0.3 is 10.2 Å². The fourth-order valence-electron chi connectivity index (χ4n) is 1.70. The Bertz CT molecular complexity index is 639. The molecule has 0 saturated carbocycles. The zero-order valence-corrected chi connectivity index (χ0v) is 12.0. The second-order valence-corrected chi connectivity index (χ2v) is 4.68. The number of carbonyl (C=O) groups excluding carboxylic acids is 1. The zero-order valence-electron chi connectivity index (χ0n) is 12.0. The molecule has 2 aromatic heterocycles. The van der Waals surface area contributed by atoms with Crippen molar-refractivity contribution >= 4 is 17.4 Å². The summed E-state index contributed by atoms with van der Waals surface area (Å²) in [6.07, 6.45) is 3.05. The molecule has 2 rings (SSSR count). The van der Waals surface area contributed by atoms with Gasteiger partial charge in [0, 0.05) is 43.3 Å². The standard InChI is InChI=1S/C14H17N5O/c1-9-10(2)16-8-17-13(9)14(20)18-11-5-6-15-12(7-11)19(3)4/h5-8H,1-4H3,(H,15,18,20). The van der Waals surface area contributed by atoms with Crippen molar-refractivity contribution in [1.82, 2.24) is 15.0 Å². The topological polar surface area (TPSA) is 71.0 Å². The average molecular weight is 271 g/mol. The van der Waals surface area contributed by atoms with Gasteiger partial charge in [-0.2, -0.15) is 0 Å². The van der Waals surface area contributed by atoms with Gasteiger partial charge in [0.2, 0.25) is 0 Å². The minimum absolute atomic E-state index is 0.246. The van der Waals surface area contributed by atoms with Gasteiger partial charge in [-0.25, -0.2) is 15.0 Å². The molecule has 0 spiro atoms. The summed E-state index contributed by atoms with van der Waals surface area (Å²) in [5, 5.41) is 2.83. The maximum atomic E-state index is 12.2. The van der Waals surface area contributed by atoms with Crippen molar-refractivity contribution in [2.45, 2.75) is 13.8 Å². The molecule has 0 saturated heterocycles. The summed E-state index contributed by atoms with van der Waals surface area (Å²) in [6, 6.07) is 3.55. The van der Waals surface area contributed by atoms with Crippen molar-refractivity contribution in [2.24, 2.45) is 0 Å². The number of amides is 1. The lowest BCUT2D eigenvalue weighted by atomic mass is 10.2. The molecule has 6 nitrogen and oxygen atoms in total. The predicted molar refractivity (Wildman–Crippen MR) is 78.0 cm³/mol. The van der Waals surface area contributed by atoms with Crippen LogP contribution in [0.1, 0.15) is 21.7 Å². The number of nitrogens with zero attached hydrogens (tertiary/aromatic N) is 4. The summed E-state index contributed by atoms with van der Waals surface area (Å²) in [5.74, 6) is 0.530. The monoisotopic (exact) mass is 271 g/mol. The van der Waals surface area contributed by atoms with E-state index in [1.54, 1.807) is 18.3 Å². The molecule has 0 aromatic carbocycles. The normalized spacial score (nSPS) is 10.2. The largest absolute Gasteiger partial charge is 0.363 e. The van der Waals surface area contributed by atoms with Crippen LogP contribution in [0.3, 0.4) is 0 Å². The van der Waals surface area contributed by atoms with Gasteiger partial charge >= 0.3 is 0 Å². The highest BCUT2D eigenvalue weighted by Crippen LogP contribution is 2.16. The van der Waals surface area contributed by atoms with Gasteiger partial charge in [-0.3, -0.25) is 4.79 Å². The number of rotatable bonds is 3. The third-order valence-electron chi connectivity index (χ3n) is 3.01. The first-order valence-corrected chi connectivity index (χ1v) is 6.22. The van der Waals surface area contributed by atoms with Crippen LogP contribution in [0.2, 0.25) is 0 Å². The van der Waals surface area contributed by atoms with Crippen LogP contribution in [0.25, 0.3) is 0 Å². The predicted octanol–water partition coefficient (Wildman–Crippen LogP) is 1.81. The van der Waals surface area contributed by atoms with Gasteiger partial charge in [-0.05, 0) is 19.9 Å². The van der Waals surface area contributed by atoms with Crippen molar-refractivity contribution in [3.63, 3.8) is 0 Å². The van der Waals surface area contributed by atoms with E-state index in [0.717, 1.165) is 17.1 Å². The van der Waals surface area contributed by atoms with Crippen molar-refractivity contribution in [3.05, 3.63) is 41.6 Å². The first-order valence-electron chi connectivity index (χ1n) is 6.22. The van der Waals surface area contributed by atoms with E-state index in [4.69, 9.17) is 0 Å². The summed E-state index contributed by atoms with van der Waals surface area (Å²) in [4.78, 5) is 26.4. The maximum Gasteiger partial charge on any atom is 0.274 e. The van der Waals surface area contributed by atoms with Gasteiger partial charge in [0.1, 0.15) is 17.8 Å². The van der Waals surface area contributed by atoms with Crippen LogP contribution < -0.4 is 10.2 Å². The van der Waals surface area contributed by atoms with Gasteiger partial charge in [0.25, 0.3) is 5.91 Å². The number of hydrogen-bond donors (Lipinski definition) is 1. The zero-order chi connectivity index (χ0) is 14.7. The lowest BCUT2D eigenvalue weighted by Crippen LogP contribution is -2.17. The highest BCUT2D eigenvalue weighted by Gasteiger charge is 2.13. The fraction of sp³-hybridized carbons (Fsp3) is 0.286. The molecule has 0 bridgehead atoms. The molecular formula is C14H17N5O. The molecule has 0 unspecified atom stereocenters. The van der Waals surface area contributed by atoms with Crippen molar-refractivity contribution < 1.29 is 4.79 Å². The van der Waals surface area contributed by atoms with E-state index in [0.29, 0.717) is 11.4 Å². The highest BCUT2D eigenvalue weighted by atomic mass is 16.1. The quantitative estimate of drug-likeness (QED) is 0.921. The average Bonchev–Trinajstić information content (AvgIpc) is 2.42. The number of carbonyl (C=O) groups is 1. The molecule has 0 radical (unpaired) electrons. The Balaban J connectivity index is 2.24. The van der Waals surface area contributed by atoms with Crippen LogP contribution >= 0.6 is 0 Å². The minimum Gasteiger partial charge on any atom is -0.363 e. The number of aryl methyl sites for hydroxylation is 1. The van der Waals surface area contributed by atoms with Crippen molar-refractivity contribution in [2.75, 3.05) is 24.3 Å². The number of hydrogen-bond acceptors (Lipinski definition) is 5. The summed E-state index contributed by atoms with van der Waals surface area (Å²) < 4.78 is 0. The van der Waals surface area contributed by atoms with Crippen LogP contribution in [0.5, 0.6) is 0 Å². The van der Waals surface area contributed by atoms with Crippen molar-refractivity contribution in [3.8, 4) is 0 Å². The van der Waals surface area contributed by atoms with E-state index in [2.05, 4.69) is 20.3 Å². The Kier molecular flexibility index (Phi) is 3.93. The molecule has 0 atom stereocenters. The van der Waals surface area contributed by atoms with E-state index in [1.165, 1.54) is 6.33 Å². The van der Waals surface area contributed by atoms with Crippen LogP contribution in [0, 0.1) is 13.8 Å². The van der Waals surface area contributed by atoms with Crippen LogP contribution in [0.4, 0.5) is 11.5 Å². The van der Waals surface area contributed by atoms with Crippen LogP contribution in [0.15, 0.2) is 24.7 Å². The molecule has 0 fully saturated rings. The molecular weight excluding hydrogens is 254 g/mol. The Hall–Kier alpha value is -2.50. The number of pyridine rings is 1. The Morgan fingerprint density at radius 3 is 2.65 bits per heavy atom. The second kappa shape index (κ2) is 5.64.